The molecule has 7 heteroatoms. The molecular weight excluding hydrogens is 352 g/mol. The van der Waals surface area contributed by atoms with E-state index in [1.807, 2.05) is 41.8 Å². The summed E-state index contributed by atoms with van der Waals surface area (Å²) in [4.78, 5) is 23.8. The van der Waals surface area contributed by atoms with Gasteiger partial charge in [0.1, 0.15) is 5.82 Å². The summed E-state index contributed by atoms with van der Waals surface area (Å²) < 4.78 is 2.19. The minimum atomic E-state index is 0.0661. The van der Waals surface area contributed by atoms with Crippen molar-refractivity contribution in [2.45, 2.75) is 44.6 Å². The maximum Gasteiger partial charge on any atom is 0.274 e. The largest absolute Gasteiger partial charge is 0.337 e. The lowest BCUT2D eigenvalue weighted by molar-refractivity contribution is 0.0696. The van der Waals surface area contributed by atoms with E-state index in [1.165, 1.54) is 5.56 Å². The minimum absolute atomic E-state index is 0.0661. The predicted molar refractivity (Wildman–Crippen MR) is 104 cm³/mol. The Bertz CT molecular complexity index is 976. The third-order valence-electron chi connectivity index (χ3n) is 5.93. The van der Waals surface area contributed by atoms with Crippen LogP contribution >= 0.6 is 0 Å². The average molecular weight is 376 g/mol. The number of imidazole rings is 1. The second-order valence-corrected chi connectivity index (χ2v) is 7.74. The molecule has 0 saturated carbocycles. The molecule has 3 aromatic rings. The number of aromatic amines is 1. The zero-order valence-electron chi connectivity index (χ0n) is 15.8. The summed E-state index contributed by atoms with van der Waals surface area (Å²) >= 11 is 0. The van der Waals surface area contributed by atoms with Gasteiger partial charge in [-0.2, -0.15) is 5.10 Å². The summed E-state index contributed by atoms with van der Waals surface area (Å²) in [6.07, 6.45) is 12.6. The molecule has 1 aliphatic carbocycles. The van der Waals surface area contributed by atoms with Crippen LogP contribution in [0.4, 0.5) is 0 Å². The highest BCUT2D eigenvalue weighted by Crippen LogP contribution is 2.29. The van der Waals surface area contributed by atoms with E-state index in [1.54, 1.807) is 0 Å². The van der Waals surface area contributed by atoms with Gasteiger partial charge in [0.15, 0.2) is 5.69 Å². The van der Waals surface area contributed by atoms with Crippen molar-refractivity contribution >= 4 is 5.91 Å². The summed E-state index contributed by atoms with van der Waals surface area (Å²) in [6, 6.07) is 4.05. The summed E-state index contributed by atoms with van der Waals surface area (Å²) in [7, 11) is 0. The van der Waals surface area contributed by atoms with Crippen LogP contribution in [0.15, 0.2) is 36.9 Å². The van der Waals surface area contributed by atoms with Gasteiger partial charge in [-0.25, -0.2) is 4.98 Å². The van der Waals surface area contributed by atoms with Gasteiger partial charge >= 0.3 is 0 Å². The number of rotatable bonds is 4. The van der Waals surface area contributed by atoms with E-state index in [2.05, 4.69) is 24.7 Å². The summed E-state index contributed by atoms with van der Waals surface area (Å²) in [5.74, 6) is 1.37. The van der Waals surface area contributed by atoms with Crippen LogP contribution in [0, 0.1) is 0 Å². The Morgan fingerprint density at radius 2 is 2.07 bits per heavy atom. The van der Waals surface area contributed by atoms with Crippen molar-refractivity contribution < 1.29 is 4.79 Å². The number of amides is 1. The molecule has 0 bridgehead atoms. The molecule has 7 nitrogen and oxygen atoms in total. The van der Waals surface area contributed by atoms with E-state index in [9.17, 15) is 4.79 Å². The average Bonchev–Trinajstić information content (AvgIpc) is 3.45. The van der Waals surface area contributed by atoms with Crippen molar-refractivity contribution in [3.8, 4) is 0 Å². The molecule has 3 aromatic heterocycles. The topological polar surface area (TPSA) is 79.7 Å². The smallest absolute Gasteiger partial charge is 0.274 e. The molecule has 144 valence electrons. The van der Waals surface area contributed by atoms with Gasteiger partial charge in [0.25, 0.3) is 5.91 Å². The SMILES string of the molecule is O=C(c1n[nH]c2c1CCC2)N1CCC[C@@H](c2nccn2Cc2ccncc2)C1. The third kappa shape index (κ3) is 3.10. The number of aromatic nitrogens is 5. The fourth-order valence-corrected chi connectivity index (χ4v) is 4.52. The monoisotopic (exact) mass is 376 g/mol. The Morgan fingerprint density at radius 3 is 2.96 bits per heavy atom. The van der Waals surface area contributed by atoms with Crippen LogP contribution in [-0.2, 0) is 19.4 Å². The number of carbonyl (C=O) groups is 1. The molecule has 0 radical (unpaired) electrons. The molecule has 0 unspecified atom stereocenters. The van der Waals surface area contributed by atoms with Gasteiger partial charge in [-0.15, -0.1) is 0 Å². The van der Waals surface area contributed by atoms with E-state index in [0.29, 0.717) is 12.2 Å². The third-order valence-corrected chi connectivity index (χ3v) is 5.93. The lowest BCUT2D eigenvalue weighted by atomic mass is 9.96. The Balaban J connectivity index is 1.34. The number of likely N-dealkylation sites (tertiary alicyclic amines) is 1. The van der Waals surface area contributed by atoms with Crippen molar-refractivity contribution in [1.29, 1.82) is 0 Å². The lowest BCUT2D eigenvalue weighted by Crippen LogP contribution is -2.40. The van der Waals surface area contributed by atoms with Crippen LogP contribution in [0.3, 0.4) is 0 Å². The van der Waals surface area contributed by atoms with Gasteiger partial charge in [0.2, 0.25) is 0 Å². The van der Waals surface area contributed by atoms with Gasteiger partial charge in [0.05, 0.1) is 0 Å². The van der Waals surface area contributed by atoms with Crippen LogP contribution in [0.1, 0.15) is 58.3 Å². The first kappa shape index (κ1) is 17.2. The Hall–Kier alpha value is -2.96. The second-order valence-electron chi connectivity index (χ2n) is 7.74. The zero-order chi connectivity index (χ0) is 18.9. The molecule has 1 aliphatic heterocycles. The number of fused-ring (bicyclic) bond motifs is 1. The van der Waals surface area contributed by atoms with Crippen LogP contribution in [0.2, 0.25) is 0 Å². The normalized spacial score (nSPS) is 19.0. The molecule has 2 aliphatic rings. The zero-order valence-corrected chi connectivity index (χ0v) is 15.8. The van der Waals surface area contributed by atoms with Crippen molar-refractivity contribution in [1.82, 2.24) is 29.6 Å². The summed E-state index contributed by atoms with van der Waals surface area (Å²) in [6.45, 7) is 2.27. The second kappa shape index (κ2) is 7.22. The highest BCUT2D eigenvalue weighted by atomic mass is 16.2. The lowest BCUT2D eigenvalue weighted by Gasteiger charge is -2.32. The van der Waals surface area contributed by atoms with Crippen LogP contribution in [-0.4, -0.2) is 48.6 Å². The summed E-state index contributed by atoms with van der Waals surface area (Å²) in [5, 5.41) is 7.39. The Labute approximate surface area is 163 Å². The first-order valence-corrected chi connectivity index (χ1v) is 10.0. The number of aryl methyl sites for hydroxylation is 1. The van der Waals surface area contributed by atoms with Crippen molar-refractivity contribution in [2.75, 3.05) is 13.1 Å². The number of carbonyl (C=O) groups excluding carboxylic acids is 1. The van der Waals surface area contributed by atoms with E-state index in [4.69, 9.17) is 0 Å². The molecule has 1 saturated heterocycles. The summed E-state index contributed by atoms with van der Waals surface area (Å²) in [5.41, 5.74) is 4.11. The molecule has 0 aromatic carbocycles. The number of hydrogen-bond acceptors (Lipinski definition) is 4. The van der Waals surface area contributed by atoms with Crippen molar-refractivity contribution in [2.24, 2.45) is 0 Å². The number of nitrogens with one attached hydrogen (secondary N) is 1. The number of nitrogens with zero attached hydrogens (tertiary/aromatic N) is 5. The van der Waals surface area contributed by atoms with Crippen LogP contribution in [0.5, 0.6) is 0 Å². The Morgan fingerprint density at radius 1 is 1.18 bits per heavy atom. The molecule has 1 amide bonds. The number of H-pyrrole nitrogens is 1. The van der Waals surface area contributed by atoms with Crippen LogP contribution in [0.25, 0.3) is 0 Å². The van der Waals surface area contributed by atoms with E-state index in [0.717, 1.165) is 62.3 Å². The predicted octanol–water partition coefficient (Wildman–Crippen LogP) is 2.56. The first-order chi connectivity index (χ1) is 13.8. The maximum atomic E-state index is 13.1. The highest BCUT2D eigenvalue weighted by molar-refractivity contribution is 5.94. The van der Waals surface area contributed by atoms with Crippen molar-refractivity contribution in [3.05, 3.63) is 65.3 Å². The molecule has 1 N–H and O–H groups in total. The molecule has 1 atom stereocenters. The van der Waals surface area contributed by atoms with E-state index in [-0.39, 0.29) is 11.8 Å². The van der Waals surface area contributed by atoms with E-state index >= 15 is 0 Å². The number of pyridine rings is 1. The van der Waals surface area contributed by atoms with Gasteiger partial charge < -0.3 is 9.47 Å². The quantitative estimate of drug-likeness (QED) is 0.759. The molecule has 1 fully saturated rings. The highest BCUT2D eigenvalue weighted by Gasteiger charge is 2.31. The number of hydrogen-bond donors (Lipinski definition) is 1. The van der Waals surface area contributed by atoms with Gasteiger partial charge in [-0.05, 0) is 49.8 Å². The first-order valence-electron chi connectivity index (χ1n) is 10.0. The van der Waals surface area contributed by atoms with Crippen LogP contribution < -0.4 is 0 Å². The maximum absolute atomic E-state index is 13.1. The standard InChI is InChI=1S/C21H24N6O/c28-21(19-17-4-1-5-18(17)24-25-19)27-11-2-3-16(14-27)20-23-10-12-26(20)13-15-6-8-22-9-7-15/h6-10,12,16H,1-5,11,13-14H2,(H,24,25)/t16-/m1/s1. The van der Waals surface area contributed by atoms with Gasteiger partial charge in [0, 0.05) is 61.6 Å². The van der Waals surface area contributed by atoms with Gasteiger partial charge in [-0.3, -0.25) is 14.9 Å². The van der Waals surface area contributed by atoms with Gasteiger partial charge in [-0.1, -0.05) is 0 Å². The number of piperidine rings is 1. The van der Waals surface area contributed by atoms with E-state index < -0.39 is 0 Å². The van der Waals surface area contributed by atoms with Crippen molar-refractivity contribution in [3.63, 3.8) is 0 Å². The minimum Gasteiger partial charge on any atom is -0.337 e. The fraction of sp³-hybridized carbons (Fsp3) is 0.429. The Kier molecular flexibility index (Phi) is 4.43. The molecule has 28 heavy (non-hydrogen) atoms. The molecule has 0 spiro atoms. The molecular formula is C21H24N6O. The fourth-order valence-electron chi connectivity index (χ4n) is 4.52. The molecule has 4 heterocycles. The molecule has 5 rings (SSSR count).